The number of rotatable bonds is 6. The van der Waals surface area contributed by atoms with Crippen molar-refractivity contribution in [3.8, 4) is 0 Å². The number of unbranched alkanes of at least 4 members (excludes halogenated alkanes) is 1. The molecule has 100 valence electrons. The van der Waals surface area contributed by atoms with Gasteiger partial charge in [-0.15, -0.1) is 0 Å². The van der Waals surface area contributed by atoms with Gasteiger partial charge in [-0.2, -0.15) is 0 Å². The number of nitrogens with zero attached hydrogens (tertiary/aromatic N) is 1. The van der Waals surface area contributed by atoms with Gasteiger partial charge in [0.25, 0.3) is 0 Å². The zero-order valence-electron chi connectivity index (χ0n) is 11.5. The summed E-state index contributed by atoms with van der Waals surface area (Å²) in [4.78, 5) is 13.9. The lowest BCUT2D eigenvalue weighted by atomic mass is 9.75. The van der Waals surface area contributed by atoms with E-state index in [2.05, 4.69) is 25.7 Å². The van der Waals surface area contributed by atoms with E-state index in [0.29, 0.717) is 5.92 Å². The predicted molar refractivity (Wildman–Crippen MR) is 70.2 cm³/mol. The number of hydrogen-bond acceptors (Lipinski definition) is 2. The zero-order chi connectivity index (χ0) is 12.9. The van der Waals surface area contributed by atoms with Crippen molar-refractivity contribution in [2.75, 3.05) is 13.1 Å². The van der Waals surface area contributed by atoms with Crippen LogP contribution in [0.2, 0.25) is 0 Å². The highest BCUT2D eigenvalue weighted by atomic mass is 16.4. The van der Waals surface area contributed by atoms with E-state index in [9.17, 15) is 9.90 Å². The molecule has 0 bridgehead atoms. The van der Waals surface area contributed by atoms with Crippen LogP contribution in [0.5, 0.6) is 0 Å². The van der Waals surface area contributed by atoms with Crippen molar-refractivity contribution in [2.24, 2.45) is 5.92 Å². The molecule has 2 unspecified atom stereocenters. The molecular formula is C14H27NO2. The third-order valence-electron chi connectivity index (χ3n) is 4.14. The SMILES string of the molecule is CCCCN(CC)C1(C(=O)O)CCCC(C)C1. The van der Waals surface area contributed by atoms with Crippen molar-refractivity contribution in [3.05, 3.63) is 0 Å². The summed E-state index contributed by atoms with van der Waals surface area (Å²) in [6.07, 6.45) is 6.10. The Morgan fingerprint density at radius 1 is 1.47 bits per heavy atom. The third kappa shape index (κ3) is 3.21. The van der Waals surface area contributed by atoms with Crippen molar-refractivity contribution in [2.45, 2.75) is 64.8 Å². The van der Waals surface area contributed by atoms with E-state index in [-0.39, 0.29) is 0 Å². The molecule has 0 aliphatic heterocycles. The first-order chi connectivity index (χ1) is 8.06. The second kappa shape index (κ2) is 6.39. The third-order valence-corrected chi connectivity index (χ3v) is 4.14. The highest BCUT2D eigenvalue weighted by Crippen LogP contribution is 2.37. The largest absolute Gasteiger partial charge is 0.480 e. The van der Waals surface area contributed by atoms with E-state index >= 15 is 0 Å². The molecule has 0 aromatic heterocycles. The first-order valence-electron chi connectivity index (χ1n) is 7.05. The Bertz CT molecular complexity index is 255. The number of hydrogen-bond donors (Lipinski definition) is 1. The van der Waals surface area contributed by atoms with Gasteiger partial charge in [0, 0.05) is 0 Å². The highest BCUT2D eigenvalue weighted by Gasteiger charge is 2.45. The number of aliphatic carboxylic acids is 1. The van der Waals surface area contributed by atoms with Crippen molar-refractivity contribution in [1.82, 2.24) is 4.90 Å². The summed E-state index contributed by atoms with van der Waals surface area (Å²) in [5.74, 6) is -0.0717. The van der Waals surface area contributed by atoms with Gasteiger partial charge in [-0.25, -0.2) is 0 Å². The van der Waals surface area contributed by atoms with E-state index in [1.54, 1.807) is 0 Å². The van der Waals surface area contributed by atoms with Gasteiger partial charge in [0.1, 0.15) is 5.54 Å². The van der Waals surface area contributed by atoms with Crippen LogP contribution in [-0.4, -0.2) is 34.6 Å². The average Bonchev–Trinajstić information content (AvgIpc) is 2.29. The molecule has 1 rings (SSSR count). The molecule has 17 heavy (non-hydrogen) atoms. The maximum absolute atomic E-state index is 11.7. The fraction of sp³-hybridized carbons (Fsp3) is 0.929. The van der Waals surface area contributed by atoms with Gasteiger partial charge >= 0.3 is 5.97 Å². The van der Waals surface area contributed by atoms with Crippen molar-refractivity contribution in [1.29, 1.82) is 0 Å². The summed E-state index contributed by atoms with van der Waals surface area (Å²) < 4.78 is 0. The summed E-state index contributed by atoms with van der Waals surface area (Å²) in [6, 6.07) is 0. The Kier molecular flexibility index (Phi) is 5.44. The Labute approximate surface area is 105 Å². The lowest BCUT2D eigenvalue weighted by Gasteiger charge is -2.44. The predicted octanol–water partition coefficient (Wildman–Crippen LogP) is 3.14. The molecule has 0 radical (unpaired) electrons. The van der Waals surface area contributed by atoms with Gasteiger partial charge in [0.05, 0.1) is 0 Å². The average molecular weight is 241 g/mol. The molecule has 1 N–H and O–H groups in total. The first-order valence-corrected chi connectivity index (χ1v) is 7.05. The fourth-order valence-electron chi connectivity index (χ4n) is 3.16. The minimum atomic E-state index is -0.609. The van der Waals surface area contributed by atoms with Crippen LogP contribution in [-0.2, 0) is 4.79 Å². The van der Waals surface area contributed by atoms with E-state index in [0.717, 1.165) is 45.2 Å². The summed E-state index contributed by atoms with van der Waals surface area (Å²) >= 11 is 0. The van der Waals surface area contributed by atoms with Crippen LogP contribution in [0.25, 0.3) is 0 Å². The Hall–Kier alpha value is -0.570. The first kappa shape index (κ1) is 14.5. The maximum Gasteiger partial charge on any atom is 0.324 e. The summed E-state index contributed by atoms with van der Waals surface area (Å²) in [5.41, 5.74) is -0.582. The molecule has 3 heteroatoms. The molecule has 1 aliphatic carbocycles. The van der Waals surface area contributed by atoms with Gasteiger partial charge in [-0.3, -0.25) is 9.69 Å². The number of carboxylic acids is 1. The van der Waals surface area contributed by atoms with E-state index in [1.165, 1.54) is 6.42 Å². The molecule has 3 nitrogen and oxygen atoms in total. The number of carboxylic acid groups (broad SMARTS) is 1. The van der Waals surface area contributed by atoms with Crippen LogP contribution in [0.15, 0.2) is 0 Å². The number of likely N-dealkylation sites (N-methyl/N-ethyl adjacent to an activating group) is 1. The second-order valence-corrected chi connectivity index (χ2v) is 5.47. The van der Waals surface area contributed by atoms with Gasteiger partial charge < -0.3 is 5.11 Å². The normalized spacial score (nSPS) is 29.5. The molecular weight excluding hydrogens is 214 g/mol. The van der Waals surface area contributed by atoms with Crippen molar-refractivity contribution < 1.29 is 9.90 Å². The van der Waals surface area contributed by atoms with Gasteiger partial charge in [0.2, 0.25) is 0 Å². The molecule has 0 saturated heterocycles. The van der Waals surface area contributed by atoms with Crippen molar-refractivity contribution in [3.63, 3.8) is 0 Å². The fourth-order valence-corrected chi connectivity index (χ4v) is 3.16. The van der Waals surface area contributed by atoms with Crippen LogP contribution in [0, 0.1) is 5.92 Å². The van der Waals surface area contributed by atoms with Gasteiger partial charge in [-0.1, -0.05) is 40.0 Å². The topological polar surface area (TPSA) is 40.5 Å². The highest BCUT2D eigenvalue weighted by molar-refractivity contribution is 5.79. The van der Waals surface area contributed by atoms with E-state index < -0.39 is 11.5 Å². The standard InChI is InChI=1S/C14H27NO2/c1-4-6-10-15(5-2)14(13(16)17)9-7-8-12(3)11-14/h12H,4-11H2,1-3H3,(H,16,17). The molecule has 1 saturated carbocycles. The minimum absolute atomic E-state index is 0.538. The van der Waals surface area contributed by atoms with Crippen LogP contribution < -0.4 is 0 Å². The molecule has 2 atom stereocenters. The molecule has 0 aromatic rings. The number of carbonyl (C=O) groups is 1. The maximum atomic E-state index is 11.7. The molecule has 0 spiro atoms. The molecule has 0 aromatic carbocycles. The monoisotopic (exact) mass is 241 g/mol. The smallest absolute Gasteiger partial charge is 0.324 e. The van der Waals surface area contributed by atoms with Crippen molar-refractivity contribution >= 4 is 5.97 Å². The molecule has 0 heterocycles. The summed E-state index contributed by atoms with van der Waals surface area (Å²) in [5, 5.41) is 9.67. The Morgan fingerprint density at radius 2 is 2.18 bits per heavy atom. The van der Waals surface area contributed by atoms with E-state index in [1.807, 2.05) is 0 Å². The summed E-state index contributed by atoms with van der Waals surface area (Å²) in [7, 11) is 0. The molecule has 0 amide bonds. The zero-order valence-corrected chi connectivity index (χ0v) is 11.5. The van der Waals surface area contributed by atoms with Crippen LogP contribution >= 0.6 is 0 Å². The van der Waals surface area contributed by atoms with Crippen LogP contribution in [0.1, 0.15) is 59.3 Å². The molecule has 1 aliphatic rings. The van der Waals surface area contributed by atoms with Gasteiger partial charge in [0.15, 0.2) is 0 Å². The minimum Gasteiger partial charge on any atom is -0.480 e. The Balaban J connectivity index is 2.84. The van der Waals surface area contributed by atoms with Crippen LogP contribution in [0.3, 0.4) is 0 Å². The Morgan fingerprint density at radius 3 is 2.65 bits per heavy atom. The summed E-state index contributed by atoms with van der Waals surface area (Å²) in [6.45, 7) is 8.19. The lowest BCUT2D eigenvalue weighted by Crippen LogP contribution is -2.57. The van der Waals surface area contributed by atoms with Gasteiger partial charge in [-0.05, 0) is 38.3 Å². The van der Waals surface area contributed by atoms with Crippen LogP contribution in [0.4, 0.5) is 0 Å². The molecule has 1 fully saturated rings. The lowest BCUT2D eigenvalue weighted by molar-refractivity contribution is -0.155. The second-order valence-electron chi connectivity index (χ2n) is 5.47. The van der Waals surface area contributed by atoms with E-state index in [4.69, 9.17) is 0 Å². The quantitative estimate of drug-likeness (QED) is 0.776.